The fourth-order valence-electron chi connectivity index (χ4n) is 2.54. The van der Waals surface area contributed by atoms with Crippen molar-refractivity contribution >= 4 is 29.4 Å². The fourth-order valence-corrected chi connectivity index (χ4v) is 3.80. The molecule has 0 amide bonds. The first-order chi connectivity index (χ1) is 9.73. The largest absolute Gasteiger partial charge is 0.488 e. The van der Waals surface area contributed by atoms with Crippen molar-refractivity contribution in [3.05, 3.63) is 28.8 Å². The maximum Gasteiger partial charge on any atom is 0.235 e. The molecule has 1 atom stereocenters. The van der Waals surface area contributed by atoms with Crippen LogP contribution in [-0.4, -0.2) is 23.7 Å². The summed E-state index contributed by atoms with van der Waals surface area (Å²) in [5.74, 6) is 2.98. The zero-order valence-corrected chi connectivity index (χ0v) is 12.7. The monoisotopic (exact) mass is 309 g/mol. The highest BCUT2D eigenvalue weighted by atomic mass is 35.5. The van der Waals surface area contributed by atoms with Crippen molar-refractivity contribution in [2.24, 2.45) is 4.99 Å². The number of isocyanates is 1. The third-order valence-corrected chi connectivity index (χ3v) is 5.34. The molecule has 1 saturated carbocycles. The van der Waals surface area contributed by atoms with Gasteiger partial charge in [0.1, 0.15) is 11.9 Å². The summed E-state index contributed by atoms with van der Waals surface area (Å²) in [6.45, 7) is 0. The third kappa shape index (κ3) is 2.88. The average Bonchev–Trinajstić information content (AvgIpc) is 3.24. The molecule has 3 rings (SSSR count). The number of hydrogen-bond acceptors (Lipinski definition) is 4. The highest BCUT2D eigenvalue weighted by molar-refractivity contribution is 7.99. The SMILES string of the molecule is O=C=NC1(c2ccc(OC3CCCSC3)c(Cl)c2)CC1. The minimum Gasteiger partial charge on any atom is -0.488 e. The minimum absolute atomic E-state index is 0.250. The number of hydrogen-bond donors (Lipinski definition) is 0. The lowest BCUT2D eigenvalue weighted by atomic mass is 10.1. The Kier molecular flexibility index (Phi) is 4.06. The van der Waals surface area contributed by atoms with Crippen LogP contribution in [0.3, 0.4) is 0 Å². The maximum atomic E-state index is 10.5. The molecule has 5 heteroatoms. The normalized spacial score (nSPS) is 23.8. The fraction of sp³-hybridized carbons (Fsp3) is 0.533. The molecular weight excluding hydrogens is 294 g/mol. The van der Waals surface area contributed by atoms with Crippen LogP contribution in [0.2, 0.25) is 5.02 Å². The van der Waals surface area contributed by atoms with Crippen molar-refractivity contribution in [1.29, 1.82) is 0 Å². The molecule has 1 unspecified atom stereocenters. The van der Waals surface area contributed by atoms with E-state index in [1.54, 1.807) is 6.08 Å². The highest BCUT2D eigenvalue weighted by Crippen LogP contribution is 2.50. The zero-order chi connectivity index (χ0) is 14.0. The lowest BCUT2D eigenvalue weighted by Crippen LogP contribution is -2.23. The Morgan fingerprint density at radius 1 is 1.45 bits per heavy atom. The molecule has 1 aromatic carbocycles. The molecular formula is C15H16ClNO2S. The van der Waals surface area contributed by atoms with Gasteiger partial charge in [0.15, 0.2) is 0 Å². The second-order valence-electron chi connectivity index (χ2n) is 5.34. The van der Waals surface area contributed by atoms with E-state index >= 15 is 0 Å². The molecule has 1 aliphatic carbocycles. The van der Waals surface area contributed by atoms with E-state index < -0.39 is 0 Å². The summed E-state index contributed by atoms with van der Waals surface area (Å²) < 4.78 is 5.97. The van der Waals surface area contributed by atoms with E-state index in [4.69, 9.17) is 16.3 Å². The van der Waals surface area contributed by atoms with Gasteiger partial charge in [0.25, 0.3) is 0 Å². The summed E-state index contributed by atoms with van der Waals surface area (Å²) in [7, 11) is 0. The Morgan fingerprint density at radius 3 is 2.90 bits per heavy atom. The van der Waals surface area contributed by atoms with E-state index in [0.29, 0.717) is 5.02 Å². The quantitative estimate of drug-likeness (QED) is 0.624. The van der Waals surface area contributed by atoms with Crippen molar-refractivity contribution < 1.29 is 9.53 Å². The van der Waals surface area contributed by atoms with Crippen LogP contribution < -0.4 is 4.74 Å². The van der Waals surface area contributed by atoms with Crippen LogP contribution in [0.25, 0.3) is 0 Å². The van der Waals surface area contributed by atoms with Gasteiger partial charge in [-0.1, -0.05) is 17.7 Å². The van der Waals surface area contributed by atoms with Gasteiger partial charge in [-0.15, -0.1) is 0 Å². The molecule has 0 spiro atoms. The van der Waals surface area contributed by atoms with Crippen LogP contribution in [0.1, 0.15) is 31.2 Å². The van der Waals surface area contributed by atoms with Crippen molar-refractivity contribution in [3.8, 4) is 5.75 Å². The van der Waals surface area contributed by atoms with E-state index in [0.717, 1.165) is 36.3 Å². The highest BCUT2D eigenvalue weighted by Gasteiger charge is 2.45. The molecule has 106 valence electrons. The van der Waals surface area contributed by atoms with Crippen molar-refractivity contribution in [2.75, 3.05) is 11.5 Å². The Morgan fingerprint density at radius 2 is 2.30 bits per heavy atom. The lowest BCUT2D eigenvalue weighted by molar-refractivity contribution is 0.211. The van der Waals surface area contributed by atoms with Crippen molar-refractivity contribution in [1.82, 2.24) is 0 Å². The summed E-state index contributed by atoms with van der Waals surface area (Å²) in [5.41, 5.74) is 0.612. The van der Waals surface area contributed by atoms with Gasteiger partial charge in [0.2, 0.25) is 6.08 Å². The van der Waals surface area contributed by atoms with E-state index in [9.17, 15) is 4.79 Å². The van der Waals surface area contributed by atoms with E-state index in [1.165, 1.54) is 12.2 Å². The molecule has 0 N–H and O–H groups in total. The first-order valence-corrected chi connectivity index (χ1v) is 8.40. The van der Waals surface area contributed by atoms with E-state index in [1.807, 2.05) is 30.0 Å². The first kappa shape index (κ1) is 14.0. The Balaban J connectivity index is 1.76. The number of carbonyl (C=O) groups excluding carboxylic acids is 1. The minimum atomic E-state index is -0.370. The summed E-state index contributed by atoms with van der Waals surface area (Å²) in [6.07, 6.45) is 5.97. The van der Waals surface area contributed by atoms with Crippen LogP contribution in [-0.2, 0) is 10.3 Å². The van der Waals surface area contributed by atoms with Crippen LogP contribution in [0, 0.1) is 0 Å². The molecule has 1 heterocycles. The first-order valence-electron chi connectivity index (χ1n) is 6.87. The summed E-state index contributed by atoms with van der Waals surface area (Å²) in [4.78, 5) is 14.4. The van der Waals surface area contributed by atoms with Gasteiger partial charge in [-0.25, -0.2) is 4.79 Å². The van der Waals surface area contributed by atoms with Gasteiger partial charge < -0.3 is 4.74 Å². The molecule has 2 fully saturated rings. The number of rotatable bonds is 4. The topological polar surface area (TPSA) is 38.7 Å². The van der Waals surface area contributed by atoms with Crippen molar-refractivity contribution in [2.45, 2.75) is 37.3 Å². The van der Waals surface area contributed by atoms with Crippen LogP contribution in [0.4, 0.5) is 0 Å². The predicted molar refractivity (Wildman–Crippen MR) is 81.5 cm³/mol. The molecule has 0 radical (unpaired) electrons. The van der Waals surface area contributed by atoms with E-state index in [-0.39, 0.29) is 11.6 Å². The summed E-state index contributed by atoms with van der Waals surface area (Å²) in [5, 5.41) is 0.602. The van der Waals surface area contributed by atoms with Gasteiger partial charge >= 0.3 is 0 Å². The van der Waals surface area contributed by atoms with Gasteiger partial charge in [-0.05, 0) is 49.1 Å². The lowest BCUT2D eigenvalue weighted by Gasteiger charge is -2.23. The third-order valence-electron chi connectivity index (χ3n) is 3.86. The van der Waals surface area contributed by atoms with Crippen LogP contribution in [0.15, 0.2) is 23.2 Å². The number of aliphatic imine (C=N–C) groups is 1. The van der Waals surface area contributed by atoms with Gasteiger partial charge in [0.05, 0.1) is 10.6 Å². The van der Waals surface area contributed by atoms with Crippen molar-refractivity contribution in [3.63, 3.8) is 0 Å². The molecule has 2 aliphatic rings. The maximum absolute atomic E-state index is 10.5. The standard InChI is InChI=1S/C15H16ClNO2S/c16-13-8-11(15(5-6-15)17-10-18)3-4-14(13)19-12-2-1-7-20-9-12/h3-4,8,12H,1-2,5-7,9H2. The molecule has 1 saturated heterocycles. The summed E-state index contributed by atoms with van der Waals surface area (Å²) >= 11 is 8.24. The number of halogens is 1. The average molecular weight is 310 g/mol. The second kappa shape index (κ2) is 5.80. The van der Waals surface area contributed by atoms with Gasteiger partial charge in [0, 0.05) is 5.75 Å². The molecule has 0 bridgehead atoms. The number of ether oxygens (including phenoxy) is 1. The number of benzene rings is 1. The molecule has 1 aromatic rings. The molecule has 0 aromatic heterocycles. The molecule has 1 aliphatic heterocycles. The van der Waals surface area contributed by atoms with Gasteiger partial charge in [-0.3, -0.25) is 0 Å². The predicted octanol–water partition coefficient (Wildman–Crippen LogP) is 3.94. The van der Waals surface area contributed by atoms with Crippen LogP contribution >= 0.6 is 23.4 Å². The number of nitrogens with zero attached hydrogens (tertiary/aromatic N) is 1. The smallest absolute Gasteiger partial charge is 0.235 e. The summed E-state index contributed by atoms with van der Waals surface area (Å²) in [6, 6.07) is 5.74. The second-order valence-corrected chi connectivity index (χ2v) is 6.89. The van der Waals surface area contributed by atoms with E-state index in [2.05, 4.69) is 4.99 Å². The Hall–Kier alpha value is -0.960. The molecule has 20 heavy (non-hydrogen) atoms. The zero-order valence-electron chi connectivity index (χ0n) is 11.1. The number of thioether (sulfide) groups is 1. The molecule has 3 nitrogen and oxygen atoms in total. The van der Waals surface area contributed by atoms with Gasteiger partial charge in [-0.2, -0.15) is 16.8 Å². The Labute approximate surface area is 127 Å². The van der Waals surface area contributed by atoms with Crippen LogP contribution in [0.5, 0.6) is 5.75 Å². The Bertz CT molecular complexity index is 547.